The van der Waals surface area contributed by atoms with Crippen molar-refractivity contribution in [2.75, 3.05) is 0 Å². The number of hydrogen-bond acceptors (Lipinski definition) is 1. The molecule has 0 N–H and O–H groups in total. The van der Waals surface area contributed by atoms with Gasteiger partial charge in [-0.25, -0.2) is 0 Å². The maximum absolute atomic E-state index is 12.2. The van der Waals surface area contributed by atoms with Crippen molar-refractivity contribution in [3.05, 3.63) is 43.5 Å². The molecule has 0 saturated carbocycles. The molecule has 0 amide bonds. The van der Waals surface area contributed by atoms with Crippen LogP contribution in [0.15, 0.2) is 4.79 Å². The third-order valence-corrected chi connectivity index (χ3v) is 3.84. The van der Waals surface area contributed by atoms with E-state index in [1.807, 2.05) is 20.8 Å². The smallest absolute Gasteiger partial charge is 0.258 e. The molecule has 2 rings (SSSR count). The number of fused-ring (bicyclic) bond motifs is 1. The molecule has 2 heterocycles. The lowest BCUT2D eigenvalue weighted by molar-refractivity contribution is 1.00. The fraction of sp³-hybridized carbons (Fsp3) is 0.357. The molecule has 0 fully saturated rings. The second-order valence-electron chi connectivity index (χ2n) is 4.55. The van der Waals surface area contributed by atoms with E-state index in [4.69, 9.17) is 0 Å². The van der Waals surface area contributed by atoms with E-state index < -0.39 is 0 Å². The molecule has 0 bridgehead atoms. The molecule has 2 aromatic heterocycles. The van der Waals surface area contributed by atoms with Gasteiger partial charge in [0, 0.05) is 11.3 Å². The van der Waals surface area contributed by atoms with E-state index in [0.29, 0.717) is 0 Å². The SMILES string of the molecule is C=c1c(C)c(C)c(=O)n2c(C)c(C)c(C)c12. The van der Waals surface area contributed by atoms with E-state index in [1.165, 1.54) is 11.1 Å². The Morgan fingerprint density at radius 1 is 0.875 bits per heavy atom. The minimum atomic E-state index is 0.0913. The average Bonchev–Trinajstić information content (AvgIpc) is 2.48. The fourth-order valence-corrected chi connectivity index (χ4v) is 2.30. The number of aromatic nitrogens is 1. The van der Waals surface area contributed by atoms with Crippen LogP contribution >= 0.6 is 0 Å². The van der Waals surface area contributed by atoms with Gasteiger partial charge < -0.3 is 0 Å². The number of pyridine rings is 1. The van der Waals surface area contributed by atoms with E-state index in [-0.39, 0.29) is 5.56 Å². The number of aryl methyl sites for hydroxylation is 2. The maximum Gasteiger partial charge on any atom is 0.258 e. The lowest BCUT2D eigenvalue weighted by atomic mass is 10.1. The summed E-state index contributed by atoms with van der Waals surface area (Å²) in [6.07, 6.45) is 0. The van der Waals surface area contributed by atoms with Crippen LogP contribution in [-0.2, 0) is 0 Å². The van der Waals surface area contributed by atoms with Crippen molar-refractivity contribution < 1.29 is 0 Å². The molecule has 0 unspecified atom stereocenters. The number of hydrogen-bond donors (Lipinski definition) is 0. The molecular formula is C14H17NO. The van der Waals surface area contributed by atoms with Gasteiger partial charge in [0.25, 0.3) is 5.56 Å². The van der Waals surface area contributed by atoms with E-state index in [0.717, 1.165) is 27.6 Å². The van der Waals surface area contributed by atoms with E-state index >= 15 is 0 Å². The van der Waals surface area contributed by atoms with Crippen molar-refractivity contribution in [1.29, 1.82) is 0 Å². The van der Waals surface area contributed by atoms with Crippen molar-refractivity contribution >= 4 is 12.1 Å². The van der Waals surface area contributed by atoms with Crippen LogP contribution in [0.5, 0.6) is 0 Å². The zero-order valence-corrected chi connectivity index (χ0v) is 10.6. The van der Waals surface area contributed by atoms with E-state index in [1.54, 1.807) is 4.40 Å². The van der Waals surface area contributed by atoms with Crippen molar-refractivity contribution in [1.82, 2.24) is 4.40 Å². The maximum atomic E-state index is 12.2. The summed E-state index contributed by atoms with van der Waals surface area (Å²) >= 11 is 0. The van der Waals surface area contributed by atoms with Gasteiger partial charge in [0.15, 0.2) is 0 Å². The summed E-state index contributed by atoms with van der Waals surface area (Å²) in [5.74, 6) is 0. The Balaban J connectivity index is 3.29. The Morgan fingerprint density at radius 2 is 1.44 bits per heavy atom. The first kappa shape index (κ1) is 10.9. The molecule has 0 spiro atoms. The first-order chi connectivity index (χ1) is 7.37. The average molecular weight is 215 g/mol. The Morgan fingerprint density at radius 3 is 2.00 bits per heavy atom. The van der Waals surface area contributed by atoms with Gasteiger partial charge >= 0.3 is 0 Å². The van der Waals surface area contributed by atoms with Crippen LogP contribution < -0.4 is 10.8 Å². The summed E-state index contributed by atoms with van der Waals surface area (Å²) in [6, 6.07) is 0. The normalized spacial score (nSPS) is 11.3. The predicted octanol–water partition coefficient (Wildman–Crippen LogP) is 1.97. The van der Waals surface area contributed by atoms with Crippen molar-refractivity contribution in [2.24, 2.45) is 0 Å². The van der Waals surface area contributed by atoms with Crippen LogP contribution in [0.4, 0.5) is 0 Å². The molecule has 0 aliphatic rings. The molecule has 2 nitrogen and oxygen atoms in total. The molecule has 0 aliphatic carbocycles. The first-order valence-electron chi connectivity index (χ1n) is 5.48. The highest BCUT2D eigenvalue weighted by atomic mass is 16.1. The second kappa shape index (κ2) is 3.21. The lowest BCUT2D eigenvalue weighted by Gasteiger charge is -2.05. The van der Waals surface area contributed by atoms with E-state index in [2.05, 4.69) is 20.4 Å². The van der Waals surface area contributed by atoms with Crippen molar-refractivity contribution in [2.45, 2.75) is 34.6 Å². The fourth-order valence-electron chi connectivity index (χ4n) is 2.30. The third kappa shape index (κ3) is 1.10. The molecule has 2 heteroatoms. The predicted molar refractivity (Wildman–Crippen MR) is 68.1 cm³/mol. The molecule has 0 atom stereocenters. The summed E-state index contributed by atoms with van der Waals surface area (Å²) in [5.41, 5.74) is 6.28. The van der Waals surface area contributed by atoms with E-state index in [9.17, 15) is 4.79 Å². The third-order valence-electron chi connectivity index (χ3n) is 3.84. The highest BCUT2D eigenvalue weighted by molar-refractivity contribution is 5.64. The van der Waals surface area contributed by atoms with Gasteiger partial charge in [-0.15, -0.1) is 0 Å². The standard InChI is InChI=1S/C14H17NO/c1-7-9(3)13-10(4)8(2)12(6)15(13)14(16)11(7)5/h3H2,1-2,4-6H3. The first-order valence-corrected chi connectivity index (χ1v) is 5.48. The summed E-state index contributed by atoms with van der Waals surface area (Å²) in [5, 5.41) is 0.978. The molecule has 16 heavy (non-hydrogen) atoms. The van der Waals surface area contributed by atoms with Gasteiger partial charge in [-0.3, -0.25) is 9.20 Å². The summed E-state index contributed by atoms with van der Waals surface area (Å²) in [7, 11) is 0. The zero-order chi connectivity index (χ0) is 12.2. The van der Waals surface area contributed by atoms with Crippen LogP contribution in [0, 0.1) is 34.6 Å². The summed E-state index contributed by atoms with van der Waals surface area (Å²) in [6.45, 7) is 14.0. The number of nitrogens with zero attached hydrogens (tertiary/aromatic N) is 1. The minimum absolute atomic E-state index is 0.0913. The Bertz CT molecular complexity index is 633. The molecule has 0 radical (unpaired) electrons. The molecular weight excluding hydrogens is 198 g/mol. The lowest BCUT2D eigenvalue weighted by Crippen LogP contribution is -2.25. The van der Waals surface area contributed by atoms with Crippen LogP contribution in [-0.4, -0.2) is 4.40 Å². The Kier molecular flexibility index (Phi) is 2.19. The highest BCUT2D eigenvalue weighted by Gasteiger charge is 2.14. The highest BCUT2D eigenvalue weighted by Crippen LogP contribution is 2.18. The molecule has 0 aromatic carbocycles. The van der Waals surface area contributed by atoms with Gasteiger partial charge in [0.1, 0.15) is 0 Å². The van der Waals surface area contributed by atoms with Gasteiger partial charge in [-0.1, -0.05) is 6.58 Å². The second-order valence-corrected chi connectivity index (χ2v) is 4.55. The summed E-state index contributed by atoms with van der Waals surface area (Å²) < 4.78 is 1.80. The van der Waals surface area contributed by atoms with Gasteiger partial charge in [0.05, 0.1) is 5.52 Å². The molecule has 84 valence electrons. The molecule has 0 saturated heterocycles. The largest absolute Gasteiger partial charge is 0.280 e. The Hall–Kier alpha value is -1.57. The summed E-state index contributed by atoms with van der Waals surface area (Å²) in [4.78, 5) is 12.2. The Labute approximate surface area is 95.2 Å². The monoisotopic (exact) mass is 215 g/mol. The van der Waals surface area contributed by atoms with Crippen LogP contribution in [0.2, 0.25) is 0 Å². The van der Waals surface area contributed by atoms with Crippen molar-refractivity contribution in [3.8, 4) is 0 Å². The van der Waals surface area contributed by atoms with Crippen LogP contribution in [0.25, 0.3) is 12.1 Å². The van der Waals surface area contributed by atoms with Gasteiger partial charge in [-0.05, 0) is 56.5 Å². The minimum Gasteiger partial charge on any atom is -0.280 e. The van der Waals surface area contributed by atoms with Crippen LogP contribution in [0.1, 0.15) is 27.9 Å². The van der Waals surface area contributed by atoms with Crippen molar-refractivity contribution in [3.63, 3.8) is 0 Å². The zero-order valence-electron chi connectivity index (χ0n) is 10.6. The van der Waals surface area contributed by atoms with Gasteiger partial charge in [0.2, 0.25) is 0 Å². The van der Waals surface area contributed by atoms with Gasteiger partial charge in [-0.2, -0.15) is 0 Å². The molecule has 2 aromatic rings. The quantitative estimate of drug-likeness (QED) is 0.658. The topological polar surface area (TPSA) is 21.5 Å². The molecule has 0 aliphatic heterocycles. The van der Waals surface area contributed by atoms with Crippen LogP contribution in [0.3, 0.4) is 0 Å². The number of rotatable bonds is 0.